The van der Waals surface area contributed by atoms with Crippen LogP contribution in [0.1, 0.15) is 59.8 Å². The van der Waals surface area contributed by atoms with Gasteiger partial charge >= 0.3 is 0 Å². The predicted octanol–water partition coefficient (Wildman–Crippen LogP) is 3.84. The summed E-state index contributed by atoms with van der Waals surface area (Å²) in [7, 11) is 0. The maximum absolute atomic E-state index is 3.63. The molecule has 3 unspecified atom stereocenters. The summed E-state index contributed by atoms with van der Waals surface area (Å²) in [6, 6.07) is 0.800. The van der Waals surface area contributed by atoms with E-state index in [1.807, 2.05) is 0 Å². The fourth-order valence-corrected chi connectivity index (χ4v) is 3.18. The summed E-state index contributed by atoms with van der Waals surface area (Å²) in [5.74, 6) is 2.85. The molecule has 0 aromatic carbocycles. The SMILES string of the molecule is CCNC1CCC(CC(CC)CC)C1C. The second kappa shape index (κ2) is 6.52. The van der Waals surface area contributed by atoms with Gasteiger partial charge in [-0.2, -0.15) is 0 Å². The molecule has 0 heterocycles. The fraction of sp³-hybridized carbons (Fsp3) is 1.00. The number of hydrogen-bond acceptors (Lipinski definition) is 1. The summed E-state index contributed by atoms with van der Waals surface area (Å²) >= 11 is 0. The molecule has 0 amide bonds. The Balaban J connectivity index is 2.37. The summed E-state index contributed by atoms with van der Waals surface area (Å²) < 4.78 is 0. The lowest BCUT2D eigenvalue weighted by molar-refractivity contribution is 0.283. The molecule has 1 aliphatic rings. The van der Waals surface area contributed by atoms with E-state index >= 15 is 0 Å². The van der Waals surface area contributed by atoms with Crippen LogP contribution in [0.25, 0.3) is 0 Å². The molecule has 1 rings (SSSR count). The van der Waals surface area contributed by atoms with E-state index in [-0.39, 0.29) is 0 Å². The normalized spacial score (nSPS) is 31.4. The first-order valence-corrected chi connectivity index (χ1v) is 6.96. The van der Waals surface area contributed by atoms with Crippen LogP contribution in [0, 0.1) is 17.8 Å². The molecule has 0 aliphatic heterocycles. The third kappa shape index (κ3) is 3.48. The van der Waals surface area contributed by atoms with Gasteiger partial charge in [-0.05, 0) is 43.6 Å². The third-order valence-corrected chi connectivity index (χ3v) is 4.48. The summed E-state index contributed by atoms with van der Waals surface area (Å²) in [6.45, 7) is 10.5. The van der Waals surface area contributed by atoms with Crippen molar-refractivity contribution < 1.29 is 0 Å². The van der Waals surface area contributed by atoms with Gasteiger partial charge < -0.3 is 5.32 Å². The molecule has 1 nitrogen and oxygen atoms in total. The van der Waals surface area contributed by atoms with Crippen molar-refractivity contribution in [2.75, 3.05) is 6.54 Å². The van der Waals surface area contributed by atoms with Crippen LogP contribution in [0.3, 0.4) is 0 Å². The van der Waals surface area contributed by atoms with Crippen molar-refractivity contribution in [1.29, 1.82) is 0 Å². The third-order valence-electron chi connectivity index (χ3n) is 4.48. The Morgan fingerprint density at radius 2 is 1.80 bits per heavy atom. The Bertz CT molecular complexity index is 163. The van der Waals surface area contributed by atoms with Crippen molar-refractivity contribution in [2.24, 2.45) is 17.8 Å². The Hall–Kier alpha value is -0.0400. The van der Waals surface area contributed by atoms with Crippen LogP contribution in [0.5, 0.6) is 0 Å². The van der Waals surface area contributed by atoms with Crippen LogP contribution < -0.4 is 5.32 Å². The van der Waals surface area contributed by atoms with Crippen LogP contribution >= 0.6 is 0 Å². The van der Waals surface area contributed by atoms with Gasteiger partial charge in [0, 0.05) is 6.04 Å². The van der Waals surface area contributed by atoms with Crippen LogP contribution in [0.15, 0.2) is 0 Å². The molecular weight excluding hydrogens is 182 g/mol. The largest absolute Gasteiger partial charge is 0.314 e. The zero-order chi connectivity index (χ0) is 11.3. The van der Waals surface area contributed by atoms with Crippen molar-refractivity contribution >= 4 is 0 Å². The molecule has 1 fully saturated rings. The number of hydrogen-bond donors (Lipinski definition) is 1. The van der Waals surface area contributed by atoms with E-state index in [4.69, 9.17) is 0 Å². The Labute approximate surface area is 96.0 Å². The van der Waals surface area contributed by atoms with E-state index < -0.39 is 0 Å². The topological polar surface area (TPSA) is 12.0 Å². The summed E-state index contributed by atoms with van der Waals surface area (Å²) in [4.78, 5) is 0. The molecule has 15 heavy (non-hydrogen) atoms. The van der Waals surface area contributed by atoms with Gasteiger partial charge in [-0.3, -0.25) is 0 Å². The predicted molar refractivity (Wildman–Crippen MR) is 68.0 cm³/mol. The van der Waals surface area contributed by atoms with Gasteiger partial charge in [-0.15, -0.1) is 0 Å². The number of nitrogens with one attached hydrogen (secondary N) is 1. The van der Waals surface area contributed by atoms with Crippen molar-refractivity contribution in [3.8, 4) is 0 Å². The van der Waals surface area contributed by atoms with E-state index in [9.17, 15) is 0 Å². The lowest BCUT2D eigenvalue weighted by atomic mass is 9.84. The summed E-state index contributed by atoms with van der Waals surface area (Å²) in [5.41, 5.74) is 0. The molecule has 1 heteroatoms. The summed E-state index contributed by atoms with van der Waals surface area (Å²) in [6.07, 6.45) is 7.06. The van der Waals surface area contributed by atoms with Crippen LogP contribution in [0.2, 0.25) is 0 Å². The quantitative estimate of drug-likeness (QED) is 0.704. The average Bonchev–Trinajstić information content (AvgIpc) is 2.58. The maximum atomic E-state index is 3.63. The van der Waals surface area contributed by atoms with Crippen molar-refractivity contribution in [3.05, 3.63) is 0 Å². The lowest BCUT2D eigenvalue weighted by Gasteiger charge is -2.24. The number of rotatable bonds is 6. The van der Waals surface area contributed by atoms with Gasteiger partial charge in [0.25, 0.3) is 0 Å². The highest BCUT2D eigenvalue weighted by Crippen LogP contribution is 2.37. The molecule has 1 N–H and O–H groups in total. The smallest absolute Gasteiger partial charge is 0.00953 e. The molecule has 0 saturated heterocycles. The highest BCUT2D eigenvalue weighted by atomic mass is 14.9. The summed E-state index contributed by atoms with van der Waals surface area (Å²) in [5, 5.41) is 3.63. The minimum atomic E-state index is 0.800. The molecule has 0 radical (unpaired) electrons. The van der Waals surface area contributed by atoms with Crippen molar-refractivity contribution in [1.82, 2.24) is 5.32 Å². The minimum Gasteiger partial charge on any atom is -0.314 e. The molecule has 0 aromatic rings. The van der Waals surface area contributed by atoms with Gasteiger partial charge in [0.2, 0.25) is 0 Å². The van der Waals surface area contributed by atoms with E-state index in [2.05, 4.69) is 33.0 Å². The zero-order valence-electron chi connectivity index (χ0n) is 11.1. The molecule has 1 aliphatic carbocycles. The van der Waals surface area contributed by atoms with Gasteiger partial charge in [-0.1, -0.05) is 40.5 Å². The first kappa shape index (κ1) is 13.0. The second-order valence-corrected chi connectivity index (χ2v) is 5.28. The maximum Gasteiger partial charge on any atom is 0.00953 e. The van der Waals surface area contributed by atoms with Crippen LogP contribution in [-0.4, -0.2) is 12.6 Å². The van der Waals surface area contributed by atoms with Gasteiger partial charge in [-0.25, -0.2) is 0 Å². The first-order chi connectivity index (χ1) is 7.22. The van der Waals surface area contributed by atoms with E-state index in [0.717, 1.165) is 30.3 Å². The Morgan fingerprint density at radius 3 is 2.33 bits per heavy atom. The lowest BCUT2D eigenvalue weighted by Crippen LogP contribution is -2.32. The van der Waals surface area contributed by atoms with Gasteiger partial charge in [0.05, 0.1) is 0 Å². The van der Waals surface area contributed by atoms with Crippen molar-refractivity contribution in [2.45, 2.75) is 65.8 Å². The highest BCUT2D eigenvalue weighted by molar-refractivity contribution is 4.87. The molecule has 1 saturated carbocycles. The van der Waals surface area contributed by atoms with Crippen LogP contribution in [-0.2, 0) is 0 Å². The molecular formula is C14H29N. The zero-order valence-corrected chi connectivity index (χ0v) is 11.1. The average molecular weight is 211 g/mol. The van der Waals surface area contributed by atoms with Crippen molar-refractivity contribution in [3.63, 3.8) is 0 Å². The fourth-order valence-electron chi connectivity index (χ4n) is 3.18. The van der Waals surface area contributed by atoms with E-state index in [1.54, 1.807) is 0 Å². The minimum absolute atomic E-state index is 0.800. The van der Waals surface area contributed by atoms with Gasteiger partial charge in [0.1, 0.15) is 0 Å². The standard InChI is InChI=1S/C14H29N/c1-5-12(6-2)10-13-8-9-14(11(13)4)15-7-3/h11-15H,5-10H2,1-4H3. The van der Waals surface area contributed by atoms with Crippen LogP contribution in [0.4, 0.5) is 0 Å². The Morgan fingerprint density at radius 1 is 1.13 bits per heavy atom. The molecule has 0 bridgehead atoms. The van der Waals surface area contributed by atoms with Gasteiger partial charge in [0.15, 0.2) is 0 Å². The molecule has 90 valence electrons. The monoisotopic (exact) mass is 211 g/mol. The first-order valence-electron chi connectivity index (χ1n) is 6.96. The molecule has 0 spiro atoms. The Kier molecular flexibility index (Phi) is 5.66. The van der Waals surface area contributed by atoms with E-state index in [0.29, 0.717) is 0 Å². The highest BCUT2D eigenvalue weighted by Gasteiger charge is 2.32. The second-order valence-electron chi connectivity index (χ2n) is 5.28. The molecule has 0 aromatic heterocycles. The van der Waals surface area contributed by atoms with E-state index in [1.165, 1.54) is 32.1 Å². The molecule has 3 atom stereocenters.